The number of halogens is 3. The highest BCUT2D eigenvalue weighted by Gasteiger charge is 2.33. The van der Waals surface area contributed by atoms with Crippen LogP contribution in [-0.4, -0.2) is 14.5 Å². The van der Waals surface area contributed by atoms with Crippen LogP contribution in [0.25, 0.3) is 38.5 Å². The number of rotatable bonds is 2. The number of fused-ring (bicyclic) bond motifs is 2. The van der Waals surface area contributed by atoms with Gasteiger partial charge in [0.05, 0.1) is 28.4 Å². The third-order valence-electron chi connectivity index (χ3n) is 5.33. The van der Waals surface area contributed by atoms with E-state index >= 15 is 0 Å². The standard InChI is InChI=1S/C24H14F3N3O2/c25-24(26,27)19-8-4-3-6-16(19)14-9-10-18-20(11-14)29-23(32)30(22(18)31)21-13-28-12-15-5-1-2-7-17(15)21/h1-13H,(H,29,32). The highest BCUT2D eigenvalue weighted by Crippen LogP contribution is 2.37. The van der Waals surface area contributed by atoms with Crippen LogP contribution >= 0.6 is 0 Å². The Labute approximate surface area is 178 Å². The number of pyridine rings is 1. The lowest BCUT2D eigenvalue weighted by Crippen LogP contribution is -2.33. The molecule has 0 saturated carbocycles. The topological polar surface area (TPSA) is 67.8 Å². The van der Waals surface area contributed by atoms with Gasteiger partial charge in [-0.1, -0.05) is 48.5 Å². The largest absolute Gasteiger partial charge is 0.417 e. The van der Waals surface area contributed by atoms with Crippen molar-refractivity contribution in [2.75, 3.05) is 0 Å². The molecule has 3 aromatic carbocycles. The summed E-state index contributed by atoms with van der Waals surface area (Å²) < 4.78 is 41.3. The molecule has 5 aromatic rings. The van der Waals surface area contributed by atoms with Gasteiger partial charge in [0.1, 0.15) is 0 Å². The van der Waals surface area contributed by atoms with Gasteiger partial charge in [-0.05, 0) is 29.3 Å². The van der Waals surface area contributed by atoms with Crippen molar-refractivity contribution in [1.29, 1.82) is 0 Å². The van der Waals surface area contributed by atoms with Crippen LogP contribution in [0, 0.1) is 0 Å². The van der Waals surface area contributed by atoms with Crippen LogP contribution in [-0.2, 0) is 6.18 Å². The summed E-state index contributed by atoms with van der Waals surface area (Å²) in [7, 11) is 0. The molecule has 0 radical (unpaired) electrons. The molecule has 5 nitrogen and oxygen atoms in total. The number of H-pyrrole nitrogens is 1. The number of hydrogen-bond acceptors (Lipinski definition) is 3. The Morgan fingerprint density at radius 2 is 1.59 bits per heavy atom. The summed E-state index contributed by atoms with van der Waals surface area (Å²) in [6.07, 6.45) is -1.48. The van der Waals surface area contributed by atoms with E-state index in [0.717, 1.165) is 16.0 Å². The maximum atomic E-state index is 13.4. The van der Waals surface area contributed by atoms with Crippen molar-refractivity contribution in [3.8, 4) is 16.8 Å². The molecule has 0 aliphatic rings. The van der Waals surface area contributed by atoms with E-state index in [1.165, 1.54) is 42.6 Å². The Kier molecular flexibility index (Phi) is 4.44. The Morgan fingerprint density at radius 3 is 2.41 bits per heavy atom. The zero-order valence-corrected chi connectivity index (χ0v) is 16.4. The first-order valence-corrected chi connectivity index (χ1v) is 9.63. The van der Waals surface area contributed by atoms with E-state index in [0.29, 0.717) is 11.1 Å². The molecule has 158 valence electrons. The number of hydrogen-bond donors (Lipinski definition) is 1. The van der Waals surface area contributed by atoms with Gasteiger partial charge in [0.15, 0.2) is 0 Å². The van der Waals surface area contributed by atoms with Crippen LogP contribution in [0.2, 0.25) is 0 Å². The van der Waals surface area contributed by atoms with Gasteiger partial charge in [0.2, 0.25) is 0 Å². The van der Waals surface area contributed by atoms with Crippen molar-refractivity contribution in [2.45, 2.75) is 6.18 Å². The van der Waals surface area contributed by atoms with Gasteiger partial charge in [-0.3, -0.25) is 9.78 Å². The quantitative estimate of drug-likeness (QED) is 0.430. The minimum absolute atomic E-state index is 0.0369. The predicted octanol–water partition coefficient (Wildman–Crippen LogP) is 4.91. The van der Waals surface area contributed by atoms with Crippen molar-refractivity contribution in [3.63, 3.8) is 0 Å². The number of benzene rings is 3. The fraction of sp³-hybridized carbons (Fsp3) is 0.0417. The molecule has 0 saturated heterocycles. The molecular weight excluding hydrogens is 419 g/mol. The minimum atomic E-state index is -4.54. The molecule has 2 aromatic heterocycles. The van der Waals surface area contributed by atoms with E-state index in [1.807, 2.05) is 12.1 Å². The maximum absolute atomic E-state index is 13.4. The summed E-state index contributed by atoms with van der Waals surface area (Å²) in [6.45, 7) is 0. The summed E-state index contributed by atoms with van der Waals surface area (Å²) in [5.41, 5.74) is -1.41. The summed E-state index contributed by atoms with van der Waals surface area (Å²) in [4.78, 5) is 32.8. The fourth-order valence-electron chi connectivity index (χ4n) is 3.87. The van der Waals surface area contributed by atoms with Crippen molar-refractivity contribution in [2.24, 2.45) is 0 Å². The van der Waals surface area contributed by atoms with Gasteiger partial charge in [0.25, 0.3) is 5.56 Å². The molecule has 32 heavy (non-hydrogen) atoms. The Morgan fingerprint density at radius 1 is 0.844 bits per heavy atom. The van der Waals surface area contributed by atoms with Gasteiger partial charge >= 0.3 is 11.9 Å². The lowest BCUT2D eigenvalue weighted by molar-refractivity contribution is -0.137. The van der Waals surface area contributed by atoms with Crippen LogP contribution < -0.4 is 11.2 Å². The van der Waals surface area contributed by atoms with Crippen molar-refractivity contribution < 1.29 is 13.2 Å². The number of aromatic nitrogens is 3. The summed E-state index contributed by atoms with van der Waals surface area (Å²) >= 11 is 0. The zero-order chi connectivity index (χ0) is 22.5. The molecule has 0 bridgehead atoms. The number of alkyl halides is 3. The van der Waals surface area contributed by atoms with E-state index in [9.17, 15) is 22.8 Å². The van der Waals surface area contributed by atoms with Crippen LogP contribution in [0.4, 0.5) is 13.2 Å². The van der Waals surface area contributed by atoms with Crippen LogP contribution in [0.5, 0.6) is 0 Å². The molecule has 0 amide bonds. The Bertz CT molecular complexity index is 1610. The average Bonchev–Trinajstić information content (AvgIpc) is 2.78. The Balaban J connectivity index is 1.74. The van der Waals surface area contributed by atoms with E-state index in [-0.39, 0.29) is 22.0 Å². The van der Waals surface area contributed by atoms with Gasteiger partial charge < -0.3 is 4.98 Å². The second kappa shape index (κ2) is 7.19. The average molecular weight is 433 g/mol. The molecule has 0 atom stereocenters. The molecule has 0 fully saturated rings. The maximum Gasteiger partial charge on any atom is 0.417 e. The number of aromatic amines is 1. The van der Waals surface area contributed by atoms with E-state index in [1.54, 1.807) is 18.3 Å². The number of nitrogens with zero attached hydrogens (tertiary/aromatic N) is 2. The molecule has 8 heteroatoms. The molecule has 0 unspecified atom stereocenters. The highest BCUT2D eigenvalue weighted by molar-refractivity contribution is 5.90. The summed E-state index contributed by atoms with van der Waals surface area (Å²) in [5, 5.41) is 1.60. The van der Waals surface area contributed by atoms with E-state index < -0.39 is 23.0 Å². The van der Waals surface area contributed by atoms with E-state index in [2.05, 4.69) is 9.97 Å². The van der Waals surface area contributed by atoms with Gasteiger partial charge in [-0.15, -0.1) is 0 Å². The van der Waals surface area contributed by atoms with Crippen LogP contribution in [0.15, 0.2) is 88.7 Å². The third-order valence-corrected chi connectivity index (χ3v) is 5.33. The molecule has 0 spiro atoms. The molecule has 2 heterocycles. The first kappa shape index (κ1) is 19.7. The smallest absolute Gasteiger partial charge is 0.306 e. The molecular formula is C24H14F3N3O2. The van der Waals surface area contributed by atoms with Crippen molar-refractivity contribution in [3.05, 3.63) is 106 Å². The minimum Gasteiger partial charge on any atom is -0.306 e. The second-order valence-corrected chi connectivity index (χ2v) is 7.25. The lowest BCUT2D eigenvalue weighted by Gasteiger charge is -2.14. The first-order chi connectivity index (χ1) is 15.3. The lowest BCUT2D eigenvalue weighted by atomic mass is 9.98. The summed E-state index contributed by atoms with van der Waals surface area (Å²) in [5.74, 6) is 0. The first-order valence-electron chi connectivity index (χ1n) is 9.63. The SMILES string of the molecule is O=c1[nH]c2cc(-c3ccccc3C(F)(F)F)ccc2c(=O)n1-c1cncc2ccccc12. The third kappa shape index (κ3) is 3.17. The van der Waals surface area contributed by atoms with Crippen molar-refractivity contribution in [1.82, 2.24) is 14.5 Å². The highest BCUT2D eigenvalue weighted by atomic mass is 19.4. The fourth-order valence-corrected chi connectivity index (χ4v) is 3.87. The van der Waals surface area contributed by atoms with Crippen LogP contribution in [0.1, 0.15) is 5.56 Å². The summed E-state index contributed by atoms with van der Waals surface area (Å²) in [6, 6.07) is 16.6. The van der Waals surface area contributed by atoms with Gasteiger partial charge in [-0.2, -0.15) is 13.2 Å². The monoisotopic (exact) mass is 433 g/mol. The molecule has 0 aliphatic heterocycles. The Hall–Kier alpha value is -4.20. The molecule has 1 N–H and O–H groups in total. The van der Waals surface area contributed by atoms with Crippen molar-refractivity contribution >= 4 is 21.7 Å². The van der Waals surface area contributed by atoms with Gasteiger partial charge in [0, 0.05) is 17.0 Å². The zero-order valence-electron chi connectivity index (χ0n) is 16.4. The van der Waals surface area contributed by atoms with Crippen LogP contribution in [0.3, 0.4) is 0 Å². The molecule has 0 aliphatic carbocycles. The predicted molar refractivity (Wildman–Crippen MR) is 116 cm³/mol. The second-order valence-electron chi connectivity index (χ2n) is 7.25. The molecule has 5 rings (SSSR count). The van der Waals surface area contributed by atoms with E-state index in [4.69, 9.17) is 0 Å². The van der Waals surface area contributed by atoms with Gasteiger partial charge in [-0.25, -0.2) is 9.36 Å². The normalized spacial score (nSPS) is 11.8. The number of nitrogens with one attached hydrogen (secondary N) is 1.